The summed E-state index contributed by atoms with van der Waals surface area (Å²) in [6.07, 6.45) is 8.03. The van der Waals surface area contributed by atoms with Gasteiger partial charge in [0.1, 0.15) is 0 Å². The van der Waals surface area contributed by atoms with Crippen molar-refractivity contribution in [1.82, 2.24) is 14.9 Å². The summed E-state index contributed by atoms with van der Waals surface area (Å²) < 4.78 is 6.01. The van der Waals surface area contributed by atoms with Crippen molar-refractivity contribution >= 4 is 16.8 Å². The summed E-state index contributed by atoms with van der Waals surface area (Å²) in [4.78, 5) is 22.1. The number of piperidine rings is 1. The van der Waals surface area contributed by atoms with Crippen LogP contribution in [-0.2, 0) is 22.6 Å². The molecule has 0 saturated carbocycles. The molecule has 134 valence electrons. The summed E-state index contributed by atoms with van der Waals surface area (Å²) in [5, 5.41) is 1.13. The first-order valence-corrected chi connectivity index (χ1v) is 9.13. The normalized spacial score (nSPS) is 17.5. The summed E-state index contributed by atoms with van der Waals surface area (Å²) in [5.41, 5.74) is 3.20. The predicted octanol–water partition coefficient (Wildman–Crippen LogP) is 3.31. The van der Waals surface area contributed by atoms with Crippen LogP contribution in [-0.4, -0.2) is 40.0 Å². The molecule has 4 rings (SSSR count). The fourth-order valence-corrected chi connectivity index (χ4v) is 3.55. The number of pyridine rings is 1. The van der Waals surface area contributed by atoms with Crippen LogP contribution in [0, 0.1) is 0 Å². The van der Waals surface area contributed by atoms with Crippen molar-refractivity contribution in [2.75, 3.05) is 13.1 Å². The highest BCUT2D eigenvalue weighted by molar-refractivity contribution is 5.88. The van der Waals surface area contributed by atoms with Crippen molar-refractivity contribution in [1.29, 1.82) is 0 Å². The maximum Gasteiger partial charge on any atom is 0.227 e. The minimum atomic E-state index is 0.0934. The number of rotatable bonds is 5. The van der Waals surface area contributed by atoms with Crippen LogP contribution in [0.4, 0.5) is 0 Å². The lowest BCUT2D eigenvalue weighted by Crippen LogP contribution is -2.43. The van der Waals surface area contributed by atoms with Gasteiger partial charge in [-0.3, -0.25) is 9.78 Å². The van der Waals surface area contributed by atoms with Crippen LogP contribution in [0.25, 0.3) is 10.9 Å². The number of amides is 1. The van der Waals surface area contributed by atoms with Gasteiger partial charge in [0.2, 0.25) is 5.91 Å². The molecular formula is C21H23N3O2. The lowest BCUT2D eigenvalue weighted by atomic mass is 10.1. The van der Waals surface area contributed by atoms with E-state index in [1.54, 1.807) is 6.20 Å². The van der Waals surface area contributed by atoms with E-state index in [2.05, 4.69) is 16.0 Å². The fraction of sp³-hybridized carbons (Fsp3) is 0.333. The highest BCUT2D eigenvalue weighted by Crippen LogP contribution is 2.20. The SMILES string of the molecule is O=C(Cc1c[nH]c2ccccc12)N1CCC[C@@H](OCc2cccnc2)C1. The number of fused-ring (bicyclic) bond motifs is 1. The van der Waals surface area contributed by atoms with Crippen LogP contribution >= 0.6 is 0 Å². The number of aromatic nitrogens is 2. The number of hydrogen-bond donors (Lipinski definition) is 1. The summed E-state index contributed by atoms with van der Waals surface area (Å²) in [6, 6.07) is 12.0. The van der Waals surface area contributed by atoms with Crippen molar-refractivity contribution in [3.63, 3.8) is 0 Å². The van der Waals surface area contributed by atoms with Gasteiger partial charge in [-0.2, -0.15) is 0 Å². The van der Waals surface area contributed by atoms with Crippen molar-refractivity contribution in [2.45, 2.75) is 32.0 Å². The standard InChI is InChI=1S/C21H23N3O2/c25-21(11-17-13-23-20-8-2-1-7-19(17)20)24-10-4-6-18(14-24)26-15-16-5-3-9-22-12-16/h1-3,5,7-9,12-13,18,23H,4,6,10-11,14-15H2/t18-/m1/s1. The van der Waals surface area contributed by atoms with Gasteiger partial charge >= 0.3 is 0 Å². The number of aromatic amines is 1. The summed E-state index contributed by atoms with van der Waals surface area (Å²) in [7, 11) is 0. The number of H-pyrrole nitrogens is 1. The Balaban J connectivity index is 1.35. The number of likely N-dealkylation sites (tertiary alicyclic amines) is 1. The zero-order chi connectivity index (χ0) is 17.8. The zero-order valence-electron chi connectivity index (χ0n) is 14.7. The lowest BCUT2D eigenvalue weighted by molar-refractivity contribution is -0.134. The van der Waals surface area contributed by atoms with E-state index >= 15 is 0 Å². The highest BCUT2D eigenvalue weighted by atomic mass is 16.5. The second-order valence-electron chi connectivity index (χ2n) is 6.81. The van der Waals surface area contributed by atoms with Crippen LogP contribution in [0.2, 0.25) is 0 Å². The molecule has 3 heterocycles. The van der Waals surface area contributed by atoms with Gasteiger partial charge in [-0.25, -0.2) is 0 Å². The molecule has 0 radical (unpaired) electrons. The Kier molecular flexibility index (Phi) is 4.97. The van der Waals surface area contributed by atoms with Crippen molar-refractivity contribution in [3.8, 4) is 0 Å². The fourth-order valence-electron chi connectivity index (χ4n) is 3.55. The largest absolute Gasteiger partial charge is 0.372 e. The molecule has 1 saturated heterocycles. The molecule has 5 nitrogen and oxygen atoms in total. The topological polar surface area (TPSA) is 58.2 Å². The minimum absolute atomic E-state index is 0.0934. The Morgan fingerprint density at radius 2 is 2.19 bits per heavy atom. The first kappa shape index (κ1) is 16.8. The van der Waals surface area contributed by atoms with E-state index < -0.39 is 0 Å². The lowest BCUT2D eigenvalue weighted by Gasteiger charge is -2.32. The van der Waals surface area contributed by atoms with Gasteiger partial charge in [0.05, 0.1) is 19.1 Å². The molecule has 1 aliphatic heterocycles. The molecule has 5 heteroatoms. The number of ether oxygens (including phenoxy) is 1. The molecule has 3 aromatic rings. The Morgan fingerprint density at radius 3 is 3.08 bits per heavy atom. The van der Waals surface area contributed by atoms with Crippen LogP contribution in [0.3, 0.4) is 0 Å². The van der Waals surface area contributed by atoms with Crippen LogP contribution in [0.15, 0.2) is 55.0 Å². The number of benzene rings is 1. The van der Waals surface area contributed by atoms with E-state index in [9.17, 15) is 4.79 Å². The average molecular weight is 349 g/mol. The van der Waals surface area contributed by atoms with E-state index in [0.717, 1.165) is 41.4 Å². The number of carbonyl (C=O) groups excluding carboxylic acids is 1. The van der Waals surface area contributed by atoms with Crippen molar-refractivity contribution in [3.05, 3.63) is 66.1 Å². The molecule has 2 aromatic heterocycles. The Bertz CT molecular complexity index is 875. The third-order valence-corrected chi connectivity index (χ3v) is 4.96. The van der Waals surface area contributed by atoms with Crippen molar-refractivity contribution < 1.29 is 9.53 Å². The van der Waals surface area contributed by atoms with Gasteiger partial charge in [0, 0.05) is 42.6 Å². The first-order valence-electron chi connectivity index (χ1n) is 9.13. The van der Waals surface area contributed by atoms with E-state index in [-0.39, 0.29) is 12.0 Å². The Hall–Kier alpha value is -2.66. The molecule has 0 spiro atoms. The van der Waals surface area contributed by atoms with Crippen LogP contribution < -0.4 is 0 Å². The molecule has 1 N–H and O–H groups in total. The van der Waals surface area contributed by atoms with Crippen LogP contribution in [0.1, 0.15) is 24.0 Å². The quantitative estimate of drug-likeness (QED) is 0.769. The molecule has 1 aromatic carbocycles. The Labute approximate surface area is 153 Å². The molecule has 1 fully saturated rings. The van der Waals surface area contributed by atoms with Gasteiger partial charge in [0.25, 0.3) is 0 Å². The molecule has 26 heavy (non-hydrogen) atoms. The molecule has 1 amide bonds. The maximum atomic E-state index is 12.8. The number of hydrogen-bond acceptors (Lipinski definition) is 3. The van der Waals surface area contributed by atoms with Gasteiger partial charge in [-0.05, 0) is 36.1 Å². The maximum absolute atomic E-state index is 12.8. The molecular weight excluding hydrogens is 326 g/mol. The third-order valence-electron chi connectivity index (χ3n) is 4.96. The summed E-state index contributed by atoms with van der Waals surface area (Å²) in [6.45, 7) is 2.03. The average Bonchev–Trinajstić information content (AvgIpc) is 3.10. The highest BCUT2D eigenvalue weighted by Gasteiger charge is 2.24. The van der Waals surface area contributed by atoms with Crippen LogP contribution in [0.5, 0.6) is 0 Å². The van der Waals surface area contributed by atoms with E-state index in [0.29, 0.717) is 19.6 Å². The number of nitrogens with zero attached hydrogens (tertiary/aromatic N) is 2. The van der Waals surface area contributed by atoms with Gasteiger partial charge < -0.3 is 14.6 Å². The number of para-hydroxylation sites is 1. The monoisotopic (exact) mass is 349 g/mol. The van der Waals surface area contributed by atoms with Crippen molar-refractivity contribution in [2.24, 2.45) is 0 Å². The second kappa shape index (κ2) is 7.70. The second-order valence-corrected chi connectivity index (χ2v) is 6.81. The zero-order valence-corrected chi connectivity index (χ0v) is 14.7. The Morgan fingerprint density at radius 1 is 1.27 bits per heavy atom. The number of nitrogens with one attached hydrogen (secondary N) is 1. The van der Waals surface area contributed by atoms with Gasteiger partial charge in [-0.15, -0.1) is 0 Å². The predicted molar refractivity (Wildman–Crippen MR) is 101 cm³/mol. The molecule has 0 bridgehead atoms. The molecule has 0 aliphatic carbocycles. The molecule has 1 aliphatic rings. The smallest absolute Gasteiger partial charge is 0.227 e. The van der Waals surface area contributed by atoms with Gasteiger partial charge in [-0.1, -0.05) is 24.3 Å². The summed E-state index contributed by atoms with van der Waals surface area (Å²) in [5.74, 6) is 0.171. The van der Waals surface area contributed by atoms with E-state index in [1.807, 2.05) is 47.6 Å². The molecule has 0 unspecified atom stereocenters. The van der Waals surface area contributed by atoms with E-state index in [1.165, 1.54) is 0 Å². The third kappa shape index (κ3) is 3.78. The van der Waals surface area contributed by atoms with E-state index in [4.69, 9.17) is 4.74 Å². The van der Waals surface area contributed by atoms with Gasteiger partial charge in [0.15, 0.2) is 0 Å². The summed E-state index contributed by atoms with van der Waals surface area (Å²) >= 11 is 0. The first-order chi connectivity index (χ1) is 12.8. The number of carbonyl (C=O) groups is 1. The molecule has 1 atom stereocenters. The minimum Gasteiger partial charge on any atom is -0.372 e.